The summed E-state index contributed by atoms with van der Waals surface area (Å²) in [5.41, 5.74) is 0.930. The fraction of sp³-hybridized carbons (Fsp3) is 0.471. The summed E-state index contributed by atoms with van der Waals surface area (Å²) in [6, 6.07) is 9.55. The predicted molar refractivity (Wildman–Crippen MR) is 98.4 cm³/mol. The molecule has 1 aromatic carbocycles. The van der Waals surface area contributed by atoms with E-state index in [2.05, 4.69) is 5.32 Å². The Morgan fingerprint density at radius 3 is 2.38 bits per heavy atom. The SMILES string of the molecule is C[C@H]1C[NH+]([C@H](NC(=O)/C=C/c2ccccc2)C(Cl)(Cl)Cl)C[C@H](C)O1. The van der Waals surface area contributed by atoms with Crippen LogP contribution in [0.3, 0.4) is 0 Å². The summed E-state index contributed by atoms with van der Waals surface area (Å²) in [5, 5.41) is 2.82. The van der Waals surface area contributed by atoms with Crippen molar-refractivity contribution in [1.29, 1.82) is 0 Å². The number of halogens is 3. The molecule has 7 heteroatoms. The number of morpholine rings is 1. The van der Waals surface area contributed by atoms with Gasteiger partial charge in [-0.1, -0.05) is 65.1 Å². The third-order valence-electron chi connectivity index (χ3n) is 3.81. The first kappa shape index (κ1) is 19.5. The van der Waals surface area contributed by atoms with Gasteiger partial charge in [0.2, 0.25) is 12.1 Å². The minimum atomic E-state index is -1.61. The molecular formula is C17H22Cl3N2O2+. The van der Waals surface area contributed by atoms with Crippen molar-refractivity contribution >= 4 is 46.8 Å². The van der Waals surface area contributed by atoms with Crippen LogP contribution in [0.4, 0.5) is 0 Å². The van der Waals surface area contributed by atoms with Gasteiger partial charge in [0.15, 0.2) is 0 Å². The van der Waals surface area contributed by atoms with E-state index >= 15 is 0 Å². The topological polar surface area (TPSA) is 42.8 Å². The second-order valence-corrected chi connectivity index (χ2v) is 8.42. The zero-order valence-electron chi connectivity index (χ0n) is 13.6. The lowest BCUT2D eigenvalue weighted by Gasteiger charge is -2.39. The molecule has 1 heterocycles. The van der Waals surface area contributed by atoms with Crippen LogP contribution < -0.4 is 10.2 Å². The highest BCUT2D eigenvalue weighted by Crippen LogP contribution is 2.28. The van der Waals surface area contributed by atoms with E-state index in [0.29, 0.717) is 13.1 Å². The summed E-state index contributed by atoms with van der Waals surface area (Å²) in [7, 11) is 0. The number of quaternary nitrogens is 1. The van der Waals surface area contributed by atoms with Gasteiger partial charge in [-0.05, 0) is 25.5 Å². The Labute approximate surface area is 157 Å². The quantitative estimate of drug-likeness (QED) is 0.609. The van der Waals surface area contributed by atoms with Crippen LogP contribution in [0, 0.1) is 0 Å². The zero-order chi connectivity index (χ0) is 17.7. The molecule has 0 bridgehead atoms. The van der Waals surface area contributed by atoms with E-state index < -0.39 is 9.96 Å². The molecule has 1 aliphatic heterocycles. The Bertz CT molecular complexity index is 565. The van der Waals surface area contributed by atoms with Gasteiger partial charge in [-0.3, -0.25) is 10.1 Å². The molecule has 1 amide bonds. The Balaban J connectivity index is 2.06. The third-order valence-corrected chi connectivity index (χ3v) is 4.47. The van der Waals surface area contributed by atoms with Crippen molar-refractivity contribution in [2.24, 2.45) is 0 Å². The van der Waals surface area contributed by atoms with Crippen LogP contribution in [0.15, 0.2) is 36.4 Å². The number of carbonyl (C=O) groups excluding carboxylic acids is 1. The Morgan fingerprint density at radius 2 is 1.83 bits per heavy atom. The van der Waals surface area contributed by atoms with Crippen LogP contribution in [0.1, 0.15) is 19.4 Å². The molecular weight excluding hydrogens is 371 g/mol. The summed E-state index contributed by atoms with van der Waals surface area (Å²) in [6.07, 6.45) is 2.60. The van der Waals surface area contributed by atoms with E-state index in [0.717, 1.165) is 10.5 Å². The number of nitrogens with one attached hydrogen (secondary N) is 2. The second kappa shape index (κ2) is 8.54. The number of benzene rings is 1. The number of alkyl halides is 3. The summed E-state index contributed by atoms with van der Waals surface area (Å²) >= 11 is 18.4. The van der Waals surface area contributed by atoms with Gasteiger partial charge in [0.1, 0.15) is 25.3 Å². The average Bonchev–Trinajstić information content (AvgIpc) is 2.49. The smallest absolute Gasteiger partial charge is 0.262 e. The number of hydrogen-bond donors (Lipinski definition) is 2. The van der Waals surface area contributed by atoms with Gasteiger partial charge in [0.05, 0.1) is 0 Å². The Kier molecular flexibility index (Phi) is 6.96. The molecule has 1 aliphatic rings. The second-order valence-electron chi connectivity index (χ2n) is 6.05. The molecule has 2 rings (SSSR count). The van der Waals surface area contributed by atoms with Crippen molar-refractivity contribution < 1.29 is 14.4 Å². The van der Waals surface area contributed by atoms with Crippen molar-refractivity contribution in [2.75, 3.05) is 13.1 Å². The summed E-state index contributed by atoms with van der Waals surface area (Å²) in [6.45, 7) is 5.27. The van der Waals surface area contributed by atoms with Crippen LogP contribution >= 0.6 is 34.8 Å². The summed E-state index contributed by atoms with van der Waals surface area (Å²) < 4.78 is 4.10. The molecule has 132 valence electrons. The lowest BCUT2D eigenvalue weighted by molar-refractivity contribution is -0.941. The van der Waals surface area contributed by atoms with Gasteiger partial charge >= 0.3 is 0 Å². The Hall–Kier alpha value is -0.780. The van der Waals surface area contributed by atoms with Gasteiger partial charge in [0, 0.05) is 6.08 Å². The summed E-state index contributed by atoms with van der Waals surface area (Å²) in [4.78, 5) is 13.2. The molecule has 0 aliphatic carbocycles. The lowest BCUT2D eigenvalue weighted by Crippen LogP contribution is -3.22. The van der Waals surface area contributed by atoms with E-state index in [1.807, 2.05) is 44.2 Å². The number of ether oxygens (including phenoxy) is 1. The Morgan fingerprint density at radius 1 is 1.25 bits per heavy atom. The van der Waals surface area contributed by atoms with Crippen LogP contribution in [0.25, 0.3) is 6.08 Å². The van der Waals surface area contributed by atoms with Crippen LogP contribution in [0.2, 0.25) is 0 Å². The minimum absolute atomic E-state index is 0.0374. The van der Waals surface area contributed by atoms with E-state index in [4.69, 9.17) is 39.5 Å². The van der Waals surface area contributed by atoms with Gasteiger partial charge in [-0.15, -0.1) is 0 Å². The number of amides is 1. The molecule has 0 radical (unpaired) electrons. The van der Waals surface area contributed by atoms with Gasteiger partial charge < -0.3 is 9.64 Å². The fourth-order valence-electron chi connectivity index (χ4n) is 2.89. The molecule has 1 saturated heterocycles. The first-order valence-corrected chi connectivity index (χ1v) is 8.99. The van der Waals surface area contributed by atoms with E-state index in [-0.39, 0.29) is 18.1 Å². The molecule has 0 aromatic heterocycles. The molecule has 0 spiro atoms. The van der Waals surface area contributed by atoms with Crippen molar-refractivity contribution in [3.63, 3.8) is 0 Å². The van der Waals surface area contributed by atoms with E-state index in [1.165, 1.54) is 6.08 Å². The molecule has 4 nitrogen and oxygen atoms in total. The third kappa shape index (κ3) is 5.94. The normalized spacial score (nSPS) is 26.3. The molecule has 24 heavy (non-hydrogen) atoms. The fourth-order valence-corrected chi connectivity index (χ4v) is 3.52. The first-order chi connectivity index (χ1) is 11.3. The predicted octanol–water partition coefficient (Wildman–Crippen LogP) is 2.20. The molecule has 2 N–H and O–H groups in total. The van der Waals surface area contributed by atoms with Gasteiger partial charge in [0.25, 0.3) is 3.79 Å². The molecule has 1 aromatic rings. The average molecular weight is 393 g/mol. The van der Waals surface area contributed by atoms with Crippen molar-refractivity contribution in [3.05, 3.63) is 42.0 Å². The number of carbonyl (C=O) groups is 1. The highest BCUT2D eigenvalue weighted by atomic mass is 35.6. The van der Waals surface area contributed by atoms with Crippen LogP contribution in [-0.4, -0.2) is 41.2 Å². The minimum Gasteiger partial charge on any atom is -0.364 e. The standard InChI is InChI=1S/C17H21Cl3N2O2/c1-12-10-22(11-13(2)24-12)16(17(18,19)20)21-15(23)9-8-14-6-4-3-5-7-14/h3-9,12-13,16H,10-11H2,1-2H3,(H,21,23)/p+1/b9-8+/t12-,13-,16-/m0/s1. The van der Waals surface area contributed by atoms with Crippen molar-refractivity contribution in [2.45, 2.75) is 36.0 Å². The van der Waals surface area contributed by atoms with Gasteiger partial charge in [-0.2, -0.15) is 0 Å². The molecule has 1 fully saturated rings. The lowest BCUT2D eigenvalue weighted by atomic mass is 10.2. The van der Waals surface area contributed by atoms with E-state index in [1.54, 1.807) is 6.08 Å². The summed E-state index contributed by atoms with van der Waals surface area (Å²) in [5.74, 6) is -0.297. The molecule has 0 unspecified atom stereocenters. The highest BCUT2D eigenvalue weighted by molar-refractivity contribution is 6.68. The first-order valence-electron chi connectivity index (χ1n) is 7.86. The maximum atomic E-state index is 12.3. The zero-order valence-corrected chi connectivity index (χ0v) is 15.9. The largest absolute Gasteiger partial charge is 0.364 e. The molecule has 0 saturated carbocycles. The maximum absolute atomic E-state index is 12.3. The van der Waals surface area contributed by atoms with Crippen LogP contribution in [-0.2, 0) is 9.53 Å². The highest BCUT2D eigenvalue weighted by Gasteiger charge is 2.44. The van der Waals surface area contributed by atoms with Crippen molar-refractivity contribution in [1.82, 2.24) is 5.32 Å². The number of hydrogen-bond acceptors (Lipinski definition) is 2. The maximum Gasteiger partial charge on any atom is 0.262 e. The number of rotatable bonds is 4. The van der Waals surface area contributed by atoms with E-state index in [9.17, 15) is 4.79 Å². The van der Waals surface area contributed by atoms with Crippen LogP contribution in [0.5, 0.6) is 0 Å². The van der Waals surface area contributed by atoms with Crippen molar-refractivity contribution in [3.8, 4) is 0 Å². The molecule has 3 atom stereocenters. The monoisotopic (exact) mass is 391 g/mol. The van der Waals surface area contributed by atoms with Gasteiger partial charge in [-0.25, -0.2) is 0 Å².